The molecule has 0 atom stereocenters. The number of furan rings is 1. The molecule has 0 saturated carbocycles. The van der Waals surface area contributed by atoms with Crippen LogP contribution in [0.15, 0.2) is 65.2 Å². The molecular formula is C22H16ClFN4O. The molecule has 5 nitrogen and oxygen atoms in total. The zero-order chi connectivity index (χ0) is 20.0. The standard InChI is InChI=1S/C22H16ClFN4O/c1-2-13-9-10-25-22-20(13)26-21(19-11-14-5-3-4-6-18(14)29-19)28(22)27-15-7-8-17(24)16(23)12-15/h3-12,27H,2H2,1H3. The molecular weight excluding hydrogens is 391 g/mol. The third-order valence-corrected chi connectivity index (χ3v) is 5.11. The van der Waals surface area contributed by atoms with E-state index in [9.17, 15) is 4.39 Å². The molecule has 0 aliphatic rings. The summed E-state index contributed by atoms with van der Waals surface area (Å²) in [6.07, 6.45) is 2.57. The summed E-state index contributed by atoms with van der Waals surface area (Å²) in [7, 11) is 0. The smallest absolute Gasteiger partial charge is 0.197 e. The molecule has 0 radical (unpaired) electrons. The molecule has 7 heteroatoms. The van der Waals surface area contributed by atoms with E-state index in [-0.39, 0.29) is 5.02 Å². The van der Waals surface area contributed by atoms with Gasteiger partial charge in [0.05, 0.1) is 10.7 Å². The van der Waals surface area contributed by atoms with Gasteiger partial charge in [0.15, 0.2) is 17.2 Å². The molecule has 0 unspecified atom stereocenters. The number of halogens is 2. The highest BCUT2D eigenvalue weighted by molar-refractivity contribution is 6.31. The maximum atomic E-state index is 13.6. The Morgan fingerprint density at radius 3 is 2.79 bits per heavy atom. The van der Waals surface area contributed by atoms with Gasteiger partial charge >= 0.3 is 0 Å². The minimum absolute atomic E-state index is 0.0342. The summed E-state index contributed by atoms with van der Waals surface area (Å²) in [6, 6.07) is 16.1. The van der Waals surface area contributed by atoms with E-state index in [1.807, 2.05) is 36.4 Å². The van der Waals surface area contributed by atoms with Crippen molar-refractivity contribution in [3.8, 4) is 11.6 Å². The monoisotopic (exact) mass is 406 g/mol. The first-order valence-electron chi connectivity index (χ1n) is 9.21. The number of imidazole rings is 1. The number of aryl methyl sites for hydroxylation is 1. The molecule has 3 aromatic heterocycles. The van der Waals surface area contributed by atoms with E-state index in [1.165, 1.54) is 12.1 Å². The predicted octanol–water partition coefficient (Wildman–Crippen LogP) is 6.07. The average Bonchev–Trinajstić information content (AvgIpc) is 3.32. The van der Waals surface area contributed by atoms with E-state index in [0.29, 0.717) is 22.9 Å². The van der Waals surface area contributed by atoms with E-state index in [4.69, 9.17) is 21.0 Å². The minimum Gasteiger partial charge on any atom is -0.453 e. The van der Waals surface area contributed by atoms with E-state index in [0.717, 1.165) is 28.5 Å². The molecule has 0 bridgehead atoms. The van der Waals surface area contributed by atoms with Crippen molar-refractivity contribution >= 4 is 39.4 Å². The van der Waals surface area contributed by atoms with Crippen molar-refractivity contribution in [1.29, 1.82) is 0 Å². The van der Waals surface area contributed by atoms with Gasteiger partial charge in [-0.3, -0.25) is 5.43 Å². The van der Waals surface area contributed by atoms with Gasteiger partial charge in [0, 0.05) is 11.6 Å². The van der Waals surface area contributed by atoms with Crippen LogP contribution < -0.4 is 5.43 Å². The Morgan fingerprint density at radius 2 is 2.00 bits per heavy atom. The summed E-state index contributed by atoms with van der Waals surface area (Å²) in [6.45, 7) is 2.07. The topological polar surface area (TPSA) is 55.9 Å². The fourth-order valence-electron chi connectivity index (χ4n) is 3.37. The van der Waals surface area contributed by atoms with Gasteiger partial charge in [-0.25, -0.2) is 19.0 Å². The number of para-hydroxylation sites is 1. The second-order valence-electron chi connectivity index (χ2n) is 6.66. The van der Waals surface area contributed by atoms with Gasteiger partial charge in [-0.2, -0.15) is 0 Å². The predicted molar refractivity (Wildman–Crippen MR) is 113 cm³/mol. The number of hydrogen-bond acceptors (Lipinski definition) is 4. The highest BCUT2D eigenvalue weighted by Gasteiger charge is 2.19. The Balaban J connectivity index is 1.73. The molecule has 0 aliphatic carbocycles. The number of aromatic nitrogens is 3. The van der Waals surface area contributed by atoms with Crippen LogP contribution in [-0.4, -0.2) is 14.6 Å². The van der Waals surface area contributed by atoms with Crippen molar-refractivity contribution in [3.05, 3.63) is 77.2 Å². The summed E-state index contributed by atoms with van der Waals surface area (Å²) >= 11 is 5.96. The molecule has 0 amide bonds. The van der Waals surface area contributed by atoms with Gasteiger partial charge in [0.1, 0.15) is 16.9 Å². The fourth-order valence-corrected chi connectivity index (χ4v) is 3.55. The van der Waals surface area contributed by atoms with Gasteiger partial charge < -0.3 is 4.42 Å². The molecule has 144 valence electrons. The lowest BCUT2D eigenvalue weighted by Gasteiger charge is -2.11. The summed E-state index contributed by atoms with van der Waals surface area (Å²) in [5, 5.41) is 1.02. The van der Waals surface area contributed by atoms with Gasteiger partial charge in [-0.05, 0) is 48.4 Å². The van der Waals surface area contributed by atoms with Gasteiger partial charge in [-0.15, -0.1) is 0 Å². The molecule has 1 N–H and O–H groups in total. The molecule has 5 rings (SSSR count). The molecule has 3 heterocycles. The van der Waals surface area contributed by atoms with Crippen molar-refractivity contribution < 1.29 is 8.81 Å². The van der Waals surface area contributed by atoms with E-state index < -0.39 is 5.82 Å². The maximum absolute atomic E-state index is 13.6. The Morgan fingerprint density at radius 1 is 1.14 bits per heavy atom. The average molecular weight is 407 g/mol. The Kier molecular flexibility index (Phi) is 4.21. The largest absolute Gasteiger partial charge is 0.453 e. The van der Waals surface area contributed by atoms with Crippen molar-refractivity contribution in [2.75, 3.05) is 5.43 Å². The lowest BCUT2D eigenvalue weighted by Crippen LogP contribution is -2.11. The fraction of sp³-hybridized carbons (Fsp3) is 0.0909. The zero-order valence-electron chi connectivity index (χ0n) is 15.5. The van der Waals surface area contributed by atoms with Crippen LogP contribution in [0.1, 0.15) is 12.5 Å². The van der Waals surface area contributed by atoms with Crippen LogP contribution in [-0.2, 0) is 6.42 Å². The number of rotatable bonds is 4. The number of nitrogens with one attached hydrogen (secondary N) is 1. The van der Waals surface area contributed by atoms with Crippen molar-refractivity contribution in [3.63, 3.8) is 0 Å². The second kappa shape index (κ2) is 6.90. The van der Waals surface area contributed by atoms with Crippen LogP contribution in [0.4, 0.5) is 10.1 Å². The number of fused-ring (bicyclic) bond motifs is 2. The van der Waals surface area contributed by atoms with Crippen LogP contribution in [0, 0.1) is 5.82 Å². The first-order valence-corrected chi connectivity index (χ1v) is 9.59. The summed E-state index contributed by atoms with van der Waals surface area (Å²) in [4.78, 5) is 9.34. The molecule has 0 aliphatic heterocycles. The third kappa shape index (κ3) is 3.02. The molecule has 0 saturated heterocycles. The lowest BCUT2D eigenvalue weighted by atomic mass is 10.2. The van der Waals surface area contributed by atoms with Crippen LogP contribution >= 0.6 is 11.6 Å². The highest BCUT2D eigenvalue weighted by Crippen LogP contribution is 2.31. The van der Waals surface area contributed by atoms with Gasteiger partial charge in [0.2, 0.25) is 0 Å². The number of pyridine rings is 1. The molecule has 0 spiro atoms. The Labute approximate surface area is 170 Å². The zero-order valence-corrected chi connectivity index (χ0v) is 16.2. The third-order valence-electron chi connectivity index (χ3n) is 4.82. The molecule has 0 fully saturated rings. The molecule has 29 heavy (non-hydrogen) atoms. The van der Waals surface area contributed by atoms with Gasteiger partial charge in [-0.1, -0.05) is 36.7 Å². The number of benzene rings is 2. The van der Waals surface area contributed by atoms with Crippen LogP contribution in [0.3, 0.4) is 0 Å². The quantitative estimate of drug-likeness (QED) is 0.393. The van der Waals surface area contributed by atoms with Crippen LogP contribution in [0.2, 0.25) is 5.02 Å². The van der Waals surface area contributed by atoms with Crippen molar-refractivity contribution in [1.82, 2.24) is 14.6 Å². The van der Waals surface area contributed by atoms with Gasteiger partial charge in [0.25, 0.3) is 0 Å². The molecule has 5 aromatic rings. The first kappa shape index (κ1) is 17.7. The van der Waals surface area contributed by atoms with Crippen molar-refractivity contribution in [2.24, 2.45) is 0 Å². The van der Waals surface area contributed by atoms with E-state index in [2.05, 4.69) is 17.3 Å². The highest BCUT2D eigenvalue weighted by atomic mass is 35.5. The SMILES string of the molecule is CCc1ccnc2c1nc(-c1cc3ccccc3o1)n2Nc1ccc(F)c(Cl)c1. The first-order chi connectivity index (χ1) is 14.1. The Hall–Kier alpha value is -3.38. The summed E-state index contributed by atoms with van der Waals surface area (Å²) in [5.41, 5.74) is 7.13. The van der Waals surface area contributed by atoms with E-state index in [1.54, 1.807) is 16.9 Å². The van der Waals surface area contributed by atoms with Crippen molar-refractivity contribution in [2.45, 2.75) is 13.3 Å². The summed E-state index contributed by atoms with van der Waals surface area (Å²) < 4.78 is 21.4. The van der Waals surface area contributed by atoms with Crippen LogP contribution in [0.5, 0.6) is 0 Å². The molecule has 2 aromatic carbocycles. The summed E-state index contributed by atoms with van der Waals surface area (Å²) in [5.74, 6) is 0.702. The Bertz CT molecular complexity index is 1320. The lowest BCUT2D eigenvalue weighted by molar-refractivity contribution is 0.622. The second-order valence-corrected chi connectivity index (χ2v) is 7.06. The number of nitrogens with zero attached hydrogens (tertiary/aromatic N) is 3. The minimum atomic E-state index is -0.475. The van der Waals surface area contributed by atoms with Crippen LogP contribution in [0.25, 0.3) is 33.7 Å². The maximum Gasteiger partial charge on any atom is 0.197 e. The normalized spacial score (nSPS) is 11.4. The number of hydrogen-bond donors (Lipinski definition) is 1. The van der Waals surface area contributed by atoms with E-state index >= 15 is 0 Å². The number of anilines is 1.